The first kappa shape index (κ1) is 89.3. The molecule has 4 aliphatic carbocycles. The van der Waals surface area contributed by atoms with Crippen LogP contribution in [0.2, 0.25) is 5.02 Å². The Morgan fingerprint density at radius 1 is 0.273 bits per heavy atom. The number of rotatable bonds is 24. The van der Waals surface area contributed by atoms with Gasteiger partial charge in [0, 0.05) is 31.7 Å². The molecular weight excluding hydrogens is 1730 g/mol. The molecule has 4 aliphatic rings. The Labute approximate surface area is 781 Å². The molecule has 4 amide bonds. The van der Waals surface area contributed by atoms with Gasteiger partial charge in [-0.1, -0.05) is 294 Å². The number of hydrogen-bond acceptors (Lipinski definition) is 13. The molecule has 20 heteroatoms. The molecule has 0 bridgehead atoms. The largest absolute Gasteiger partial charge is 0.508 e. The number of aromatic nitrogens is 8. The third-order valence-electron chi connectivity index (χ3n) is 23.9. The molecule has 656 valence electrons. The summed E-state index contributed by atoms with van der Waals surface area (Å²) in [6.45, 7) is 0. The van der Waals surface area contributed by atoms with Crippen molar-refractivity contribution < 1.29 is 28.7 Å². The summed E-state index contributed by atoms with van der Waals surface area (Å²) in [5.74, 6) is 1.58. The number of aromatic hydroxyl groups is 1. The third kappa shape index (κ3) is 23.5. The Balaban J connectivity index is 0.000000123. The molecule has 20 rings (SSSR count). The predicted octanol–water partition coefficient (Wildman–Crippen LogP) is 22.1. The van der Waals surface area contributed by atoms with Crippen molar-refractivity contribution in [2.75, 3.05) is 21.3 Å². The number of anilines is 4. The molecule has 0 spiro atoms. The first-order valence-corrected chi connectivity index (χ1v) is 46.1. The smallest absolute Gasteiger partial charge is 0.229 e. The van der Waals surface area contributed by atoms with E-state index in [4.69, 9.17) is 51.5 Å². The minimum atomic E-state index is -0.316. The molecule has 12 aromatic carbocycles. The number of aryl methyl sites for hydroxylation is 16. The van der Waals surface area contributed by atoms with Gasteiger partial charge in [0.1, 0.15) is 11.6 Å². The second-order valence-electron chi connectivity index (χ2n) is 33.3. The standard InChI is InChI=1S/C28H24BrN3O.C28H24ClN3O.C28H24FN3O.C28H25N3O2/c3*29-22-14-10-20(11-15-22)18-26(33)32-28-25(16-12-19-6-2-1-3-7-19)30-27-23-9-5-4-8-21(23)13-17-24(27)31-28;32-22-14-10-20(11-15-22)18-26(33)31-28-25(16-12-19-6-2-1-3-7-19)29-27-23-9-5-4-8-21(23)13-17-24(27)30-28/h3*1-11,14-15H,12-13,16-18H2,(H,31,32,33);1-11,14-15,32H,12-13,16-18H2,(H,30,31,33). The Kier molecular flexibility index (Phi) is 29.2. The summed E-state index contributed by atoms with van der Waals surface area (Å²) in [5.41, 5.74) is 28.8. The second-order valence-corrected chi connectivity index (χ2v) is 34.6. The lowest BCUT2D eigenvalue weighted by atomic mass is 9.91. The first-order chi connectivity index (χ1) is 64.6. The highest BCUT2D eigenvalue weighted by Crippen LogP contribution is 2.39. The first-order valence-electron chi connectivity index (χ1n) is 44.9. The van der Waals surface area contributed by atoms with Gasteiger partial charge in [-0.2, -0.15) is 0 Å². The van der Waals surface area contributed by atoms with E-state index in [2.05, 4.69) is 159 Å². The highest BCUT2D eigenvalue weighted by molar-refractivity contribution is 9.10. The molecule has 5 N–H and O–H groups in total. The Morgan fingerprint density at radius 2 is 0.508 bits per heavy atom. The third-order valence-corrected chi connectivity index (χ3v) is 24.7. The van der Waals surface area contributed by atoms with Crippen molar-refractivity contribution in [3.8, 4) is 50.8 Å². The lowest BCUT2D eigenvalue weighted by Gasteiger charge is -2.21. The summed E-state index contributed by atoms with van der Waals surface area (Å²) in [4.78, 5) is 91.0. The van der Waals surface area contributed by atoms with Crippen molar-refractivity contribution in [2.24, 2.45) is 0 Å². The molecule has 132 heavy (non-hydrogen) atoms. The average Bonchev–Trinajstić information content (AvgIpc) is 0.787. The number of nitrogens with one attached hydrogen (secondary N) is 4. The van der Waals surface area contributed by atoms with E-state index in [9.17, 15) is 28.7 Å². The van der Waals surface area contributed by atoms with Crippen LogP contribution in [0.5, 0.6) is 5.75 Å². The second kappa shape index (κ2) is 43.2. The number of phenolic OH excluding ortho intramolecular Hbond substituents is 1. The van der Waals surface area contributed by atoms with E-state index in [1.165, 1.54) is 56.6 Å². The molecule has 17 nitrogen and oxygen atoms in total. The fourth-order valence-electron chi connectivity index (χ4n) is 17.1. The Hall–Kier alpha value is -14.7. The number of carbonyl (C=O) groups is 4. The lowest BCUT2D eigenvalue weighted by Crippen LogP contribution is -2.20. The maximum atomic E-state index is 13.2. The van der Waals surface area contributed by atoms with Crippen LogP contribution in [-0.2, 0) is 148 Å². The molecular formula is C112H97BrClFN12O5. The predicted molar refractivity (Wildman–Crippen MR) is 524 cm³/mol. The average molecular weight is 1830 g/mol. The Bertz CT molecular complexity index is 5970. The van der Waals surface area contributed by atoms with E-state index >= 15 is 0 Å². The van der Waals surface area contributed by atoms with Gasteiger partial charge in [0.2, 0.25) is 23.6 Å². The fourth-order valence-corrected chi connectivity index (χ4v) is 17.5. The normalized spacial score (nSPS) is 12.0. The number of amides is 4. The van der Waals surface area contributed by atoms with Crippen molar-refractivity contribution in [3.05, 3.63) is 443 Å². The van der Waals surface area contributed by atoms with E-state index in [1.54, 1.807) is 48.5 Å². The van der Waals surface area contributed by atoms with Gasteiger partial charge in [-0.15, -0.1) is 0 Å². The summed E-state index contributed by atoms with van der Waals surface area (Å²) in [6.07, 6.45) is 13.9. The topological polar surface area (TPSA) is 240 Å². The van der Waals surface area contributed by atoms with Crippen LogP contribution in [0.25, 0.3) is 45.0 Å². The monoisotopic (exact) mass is 1820 g/mol. The van der Waals surface area contributed by atoms with Gasteiger partial charge in [0.15, 0.2) is 23.3 Å². The summed E-state index contributed by atoms with van der Waals surface area (Å²) in [5, 5.41) is 22.2. The molecule has 4 aromatic heterocycles. The number of halogens is 3. The van der Waals surface area contributed by atoms with Crippen LogP contribution in [0.1, 0.15) is 112 Å². The van der Waals surface area contributed by atoms with Crippen molar-refractivity contribution in [1.82, 2.24) is 39.9 Å². The maximum Gasteiger partial charge on any atom is 0.229 e. The zero-order valence-corrected chi connectivity index (χ0v) is 75.3. The van der Waals surface area contributed by atoms with Crippen LogP contribution >= 0.6 is 27.5 Å². The summed E-state index contributed by atoms with van der Waals surface area (Å²) in [6, 6.07) is 102. The van der Waals surface area contributed by atoms with E-state index < -0.39 is 0 Å². The van der Waals surface area contributed by atoms with Crippen molar-refractivity contribution in [1.29, 1.82) is 0 Å². The highest BCUT2D eigenvalue weighted by atomic mass is 79.9. The number of hydrogen-bond donors (Lipinski definition) is 5. The molecule has 16 aromatic rings. The zero-order chi connectivity index (χ0) is 90.5. The summed E-state index contributed by atoms with van der Waals surface area (Å²) in [7, 11) is 0. The maximum absolute atomic E-state index is 13.2. The molecule has 0 unspecified atom stereocenters. The molecule has 0 radical (unpaired) electrons. The van der Waals surface area contributed by atoms with Crippen LogP contribution in [0.15, 0.2) is 320 Å². The van der Waals surface area contributed by atoms with Crippen LogP contribution in [-0.4, -0.2) is 68.6 Å². The SMILES string of the molecule is O=C(Cc1ccc(Br)cc1)Nc1nc2c(nc1CCc1ccccc1)-c1ccccc1CC2.O=C(Cc1ccc(Cl)cc1)Nc1nc2c(nc1CCc1ccccc1)-c1ccccc1CC2.O=C(Cc1ccc(F)cc1)Nc1nc2c(nc1CCc1ccccc1)-c1ccccc1CC2.O=C(Cc1ccc(O)cc1)Nc1nc2c(nc1CCc1ccccc1)-c1ccccc1CC2. The van der Waals surface area contributed by atoms with Crippen LogP contribution in [0.3, 0.4) is 0 Å². The molecule has 0 saturated heterocycles. The van der Waals surface area contributed by atoms with Crippen molar-refractivity contribution in [3.63, 3.8) is 0 Å². The minimum absolute atomic E-state index is 0.0799. The van der Waals surface area contributed by atoms with Crippen LogP contribution < -0.4 is 21.3 Å². The van der Waals surface area contributed by atoms with Gasteiger partial charge >= 0.3 is 0 Å². The molecule has 4 heterocycles. The number of carbonyl (C=O) groups excluding carboxylic acids is 4. The summed E-state index contributed by atoms with van der Waals surface area (Å²) >= 11 is 9.41. The summed E-state index contributed by atoms with van der Waals surface area (Å²) < 4.78 is 14.2. The molecule has 0 saturated carbocycles. The molecule has 0 fully saturated rings. The fraction of sp³-hybridized carbons (Fsp3) is 0.179. The molecule has 0 atom stereocenters. The number of fused-ring (bicyclic) bond motifs is 12. The van der Waals surface area contributed by atoms with Crippen LogP contribution in [0, 0.1) is 5.82 Å². The quantitative estimate of drug-likeness (QED) is 0.0379. The van der Waals surface area contributed by atoms with E-state index in [-0.39, 0.29) is 54.5 Å². The van der Waals surface area contributed by atoms with Crippen molar-refractivity contribution >= 4 is 74.4 Å². The number of benzene rings is 12. The van der Waals surface area contributed by atoms with Gasteiger partial charge in [-0.25, -0.2) is 44.3 Å². The highest BCUT2D eigenvalue weighted by Gasteiger charge is 2.29. The Morgan fingerprint density at radius 3 is 0.780 bits per heavy atom. The van der Waals surface area contributed by atoms with Gasteiger partial charge in [0.25, 0.3) is 0 Å². The van der Waals surface area contributed by atoms with Gasteiger partial charge in [-0.3, -0.25) is 19.2 Å². The number of nitrogens with zero attached hydrogens (tertiary/aromatic N) is 8. The van der Waals surface area contributed by atoms with Crippen molar-refractivity contribution in [2.45, 2.75) is 128 Å². The van der Waals surface area contributed by atoms with E-state index in [0.29, 0.717) is 60.4 Å². The zero-order valence-electron chi connectivity index (χ0n) is 73.0. The number of phenols is 1. The van der Waals surface area contributed by atoms with E-state index in [0.717, 1.165) is 194 Å². The van der Waals surface area contributed by atoms with Gasteiger partial charge in [-0.05, 0) is 218 Å². The minimum Gasteiger partial charge on any atom is -0.508 e. The van der Waals surface area contributed by atoms with Gasteiger partial charge in [0.05, 0.1) is 94.0 Å². The van der Waals surface area contributed by atoms with Crippen LogP contribution in [0.4, 0.5) is 27.7 Å². The lowest BCUT2D eigenvalue weighted by molar-refractivity contribution is -0.116. The van der Waals surface area contributed by atoms with Gasteiger partial charge < -0.3 is 26.4 Å². The van der Waals surface area contributed by atoms with E-state index in [1.807, 2.05) is 133 Å². The molecule has 0 aliphatic heterocycles.